The van der Waals surface area contributed by atoms with E-state index in [1.54, 1.807) is 24.3 Å². The molecule has 3 fully saturated rings. The summed E-state index contributed by atoms with van der Waals surface area (Å²) < 4.78 is 6.28. The van der Waals surface area contributed by atoms with Gasteiger partial charge in [0, 0.05) is 17.2 Å². The van der Waals surface area contributed by atoms with E-state index < -0.39 is 41.0 Å². The number of amides is 2. The molecule has 6 heteroatoms. The lowest BCUT2D eigenvalue weighted by Gasteiger charge is -2.33. The second kappa shape index (κ2) is 6.94. The van der Waals surface area contributed by atoms with Crippen LogP contribution in [0.5, 0.6) is 0 Å². The number of benzene rings is 2. The van der Waals surface area contributed by atoms with Crippen LogP contribution in [0.4, 0.5) is 0 Å². The van der Waals surface area contributed by atoms with E-state index in [2.05, 4.69) is 0 Å². The number of likely N-dealkylation sites (tertiary alicyclic amines) is 1. The molecule has 0 N–H and O–H groups in total. The smallest absolute Gasteiger partial charge is 0.237 e. The molecule has 162 valence electrons. The maximum absolute atomic E-state index is 13.8. The number of ether oxygens (including phenoxy) is 1. The van der Waals surface area contributed by atoms with E-state index >= 15 is 0 Å². The second-order valence-electron chi connectivity index (χ2n) is 9.23. The Hall–Kier alpha value is -3.12. The van der Waals surface area contributed by atoms with Crippen LogP contribution in [0.1, 0.15) is 64.5 Å². The standard InChI is InChI=1S/C26H23NO5/c28-22-17-13-7-8-14-18(17)23(29)26(22)20-19(21(32-26)15-9-3-1-4-10-15)24(30)27(25(20)31)16-11-5-2-6-12-16/h1,3-4,7-10,13-14,16,19-21H,2,5-6,11-12H2/t19-,20+,21+/m1/s1. The van der Waals surface area contributed by atoms with Crippen molar-refractivity contribution in [3.05, 3.63) is 71.3 Å². The highest BCUT2D eigenvalue weighted by molar-refractivity contribution is 6.35. The fraction of sp³-hybridized carbons (Fsp3) is 0.385. The molecule has 2 aromatic carbocycles. The van der Waals surface area contributed by atoms with Gasteiger partial charge in [0.1, 0.15) is 0 Å². The molecule has 2 saturated heterocycles. The normalized spacial score (nSPS) is 29.1. The molecule has 2 aliphatic carbocycles. The third-order valence-corrected chi connectivity index (χ3v) is 7.62. The first kappa shape index (κ1) is 19.6. The number of carbonyl (C=O) groups is 4. The average Bonchev–Trinajstić information content (AvgIpc) is 3.40. The lowest BCUT2D eigenvalue weighted by molar-refractivity contribution is -0.148. The van der Waals surface area contributed by atoms with Gasteiger partial charge in [-0.25, -0.2) is 0 Å². The Morgan fingerprint density at radius 3 is 1.97 bits per heavy atom. The van der Waals surface area contributed by atoms with Crippen molar-refractivity contribution in [2.45, 2.75) is 49.9 Å². The first-order valence-corrected chi connectivity index (χ1v) is 11.3. The zero-order valence-corrected chi connectivity index (χ0v) is 17.5. The molecule has 1 spiro atoms. The third kappa shape index (κ3) is 2.39. The molecule has 0 bridgehead atoms. The van der Waals surface area contributed by atoms with Gasteiger partial charge < -0.3 is 4.74 Å². The Morgan fingerprint density at radius 2 is 1.34 bits per heavy atom. The topological polar surface area (TPSA) is 80.8 Å². The van der Waals surface area contributed by atoms with Gasteiger partial charge in [0.2, 0.25) is 29.0 Å². The lowest BCUT2D eigenvalue weighted by Crippen LogP contribution is -2.52. The van der Waals surface area contributed by atoms with Crippen molar-refractivity contribution < 1.29 is 23.9 Å². The Bertz CT molecular complexity index is 1110. The molecule has 2 aliphatic heterocycles. The minimum absolute atomic E-state index is 0.170. The largest absolute Gasteiger partial charge is 0.349 e. The monoisotopic (exact) mass is 429 g/mol. The number of carbonyl (C=O) groups excluding carboxylic acids is 4. The summed E-state index contributed by atoms with van der Waals surface area (Å²) in [5.74, 6) is -3.76. The van der Waals surface area contributed by atoms with Crippen LogP contribution in [0.25, 0.3) is 0 Å². The first-order chi connectivity index (χ1) is 15.6. The predicted octanol–water partition coefficient (Wildman–Crippen LogP) is 3.51. The number of nitrogens with zero attached hydrogens (tertiary/aromatic N) is 1. The van der Waals surface area contributed by atoms with Crippen LogP contribution in [0.3, 0.4) is 0 Å². The van der Waals surface area contributed by atoms with Crippen molar-refractivity contribution in [1.29, 1.82) is 0 Å². The van der Waals surface area contributed by atoms with Crippen molar-refractivity contribution in [3.8, 4) is 0 Å². The minimum Gasteiger partial charge on any atom is -0.349 e. The Labute approximate surface area is 185 Å². The maximum Gasteiger partial charge on any atom is 0.237 e. The highest BCUT2D eigenvalue weighted by Crippen LogP contribution is 2.57. The molecule has 0 aromatic heterocycles. The Balaban J connectivity index is 1.51. The van der Waals surface area contributed by atoms with Gasteiger partial charge in [-0.15, -0.1) is 0 Å². The molecule has 2 heterocycles. The summed E-state index contributed by atoms with van der Waals surface area (Å²) >= 11 is 0. The van der Waals surface area contributed by atoms with Gasteiger partial charge in [-0.05, 0) is 18.4 Å². The first-order valence-electron chi connectivity index (χ1n) is 11.3. The van der Waals surface area contributed by atoms with E-state index in [1.807, 2.05) is 30.3 Å². The van der Waals surface area contributed by atoms with Crippen LogP contribution < -0.4 is 0 Å². The van der Waals surface area contributed by atoms with E-state index in [4.69, 9.17) is 4.74 Å². The molecule has 32 heavy (non-hydrogen) atoms. The Morgan fingerprint density at radius 1 is 0.750 bits per heavy atom. The Kier molecular flexibility index (Phi) is 4.24. The van der Waals surface area contributed by atoms with Crippen LogP contribution in [0.15, 0.2) is 54.6 Å². The predicted molar refractivity (Wildman–Crippen MR) is 114 cm³/mol. The molecular weight excluding hydrogens is 406 g/mol. The number of ketones is 2. The second-order valence-corrected chi connectivity index (χ2v) is 9.23. The van der Waals surface area contributed by atoms with Crippen LogP contribution in [-0.4, -0.2) is 39.9 Å². The number of imide groups is 1. The summed E-state index contributed by atoms with van der Waals surface area (Å²) in [6.07, 6.45) is 3.72. The summed E-state index contributed by atoms with van der Waals surface area (Å²) in [6, 6.07) is 15.5. The zero-order valence-electron chi connectivity index (χ0n) is 17.5. The molecule has 2 aromatic rings. The number of hydrogen-bond donors (Lipinski definition) is 0. The van der Waals surface area contributed by atoms with Crippen molar-refractivity contribution in [2.75, 3.05) is 0 Å². The highest BCUT2D eigenvalue weighted by atomic mass is 16.5. The van der Waals surface area contributed by atoms with Crippen LogP contribution >= 0.6 is 0 Å². The van der Waals surface area contributed by atoms with E-state index in [-0.39, 0.29) is 23.1 Å². The van der Waals surface area contributed by atoms with Crippen LogP contribution in [-0.2, 0) is 14.3 Å². The summed E-state index contributed by atoms with van der Waals surface area (Å²) in [6.45, 7) is 0. The molecule has 0 unspecified atom stereocenters. The molecule has 6 nitrogen and oxygen atoms in total. The molecule has 4 aliphatic rings. The summed E-state index contributed by atoms with van der Waals surface area (Å²) in [7, 11) is 0. The van der Waals surface area contributed by atoms with E-state index in [0.29, 0.717) is 5.56 Å². The molecular formula is C26H23NO5. The van der Waals surface area contributed by atoms with Gasteiger partial charge in [-0.3, -0.25) is 24.1 Å². The fourth-order valence-corrected chi connectivity index (χ4v) is 6.18. The van der Waals surface area contributed by atoms with Crippen LogP contribution in [0.2, 0.25) is 0 Å². The van der Waals surface area contributed by atoms with Crippen LogP contribution in [0, 0.1) is 11.8 Å². The van der Waals surface area contributed by atoms with E-state index in [1.165, 1.54) is 4.90 Å². The minimum atomic E-state index is -1.97. The molecule has 3 atom stereocenters. The van der Waals surface area contributed by atoms with Gasteiger partial charge in [0.15, 0.2) is 0 Å². The third-order valence-electron chi connectivity index (χ3n) is 7.62. The summed E-state index contributed by atoms with van der Waals surface area (Å²) in [5, 5.41) is 0. The van der Waals surface area contributed by atoms with Crippen molar-refractivity contribution in [1.82, 2.24) is 4.90 Å². The van der Waals surface area contributed by atoms with Gasteiger partial charge in [0.25, 0.3) is 0 Å². The zero-order chi connectivity index (χ0) is 22.0. The maximum atomic E-state index is 13.8. The summed E-state index contributed by atoms with van der Waals surface area (Å²) in [5.41, 5.74) is -0.740. The highest BCUT2D eigenvalue weighted by Gasteiger charge is 2.75. The molecule has 0 radical (unpaired) electrons. The lowest BCUT2D eigenvalue weighted by atomic mass is 9.77. The fourth-order valence-electron chi connectivity index (χ4n) is 6.18. The SMILES string of the molecule is O=C1[C@@H]2[C@@H](C(=O)N1C1CCCCC1)C1(O[C@H]2c2ccccc2)C(=O)c2ccccc2C1=O. The number of fused-ring (bicyclic) bond motifs is 3. The quantitative estimate of drug-likeness (QED) is 0.539. The number of hydrogen-bond acceptors (Lipinski definition) is 5. The van der Waals surface area contributed by atoms with Gasteiger partial charge >= 0.3 is 0 Å². The summed E-state index contributed by atoms with van der Waals surface area (Å²) in [4.78, 5) is 56.2. The van der Waals surface area contributed by atoms with Gasteiger partial charge in [0.05, 0.1) is 17.9 Å². The number of rotatable bonds is 2. The van der Waals surface area contributed by atoms with Crippen molar-refractivity contribution in [2.24, 2.45) is 11.8 Å². The van der Waals surface area contributed by atoms with E-state index in [0.717, 1.165) is 32.1 Å². The molecule has 6 rings (SSSR count). The number of Topliss-reactive ketones (excluding diaryl/α,β-unsaturated/α-hetero) is 2. The van der Waals surface area contributed by atoms with Crippen molar-refractivity contribution >= 4 is 23.4 Å². The molecule has 1 saturated carbocycles. The van der Waals surface area contributed by atoms with E-state index in [9.17, 15) is 19.2 Å². The molecule has 2 amide bonds. The van der Waals surface area contributed by atoms with Gasteiger partial charge in [-0.1, -0.05) is 73.9 Å². The average molecular weight is 429 g/mol. The van der Waals surface area contributed by atoms with Crippen molar-refractivity contribution in [3.63, 3.8) is 0 Å². The van der Waals surface area contributed by atoms with Gasteiger partial charge in [-0.2, -0.15) is 0 Å².